The fraction of sp³-hybridized carbons (Fsp3) is 0.0909. The molecule has 0 aliphatic carbocycles. The molecule has 0 aliphatic rings. The van der Waals surface area contributed by atoms with Gasteiger partial charge in [-0.2, -0.15) is 0 Å². The molecule has 0 radical (unpaired) electrons. The minimum Gasteiger partial charge on any atom is -0.508 e. The first kappa shape index (κ1) is 22.3. The van der Waals surface area contributed by atoms with E-state index in [1.165, 1.54) is 36.4 Å². The van der Waals surface area contributed by atoms with Crippen molar-refractivity contribution in [3.8, 4) is 5.75 Å². The van der Waals surface area contributed by atoms with Gasteiger partial charge in [0.05, 0.1) is 10.6 Å². The topological polar surface area (TPSA) is 108 Å². The van der Waals surface area contributed by atoms with Crippen molar-refractivity contribution < 1.29 is 18.3 Å². The van der Waals surface area contributed by atoms with Crippen molar-refractivity contribution >= 4 is 44.6 Å². The van der Waals surface area contributed by atoms with Gasteiger partial charge in [-0.15, -0.1) is 0 Å². The molecule has 4 N–H and O–H groups in total. The smallest absolute Gasteiger partial charge is 0.261 e. The van der Waals surface area contributed by atoms with E-state index in [1.807, 2.05) is 26.0 Å². The molecule has 0 unspecified atom stereocenters. The van der Waals surface area contributed by atoms with Crippen LogP contribution in [0.2, 0.25) is 0 Å². The number of anilines is 2. The standard InChI is InChI=1S/C22H21N3O4S2/c1-14-3-12-20(15(2)13-14)25-31(28,29)19-10-6-17(7-11-19)23-22(30)24-21(27)16-4-8-18(26)9-5-16/h3-13,25-26H,1-2H3,(H2,23,24,27,30). The molecule has 0 spiro atoms. The van der Waals surface area contributed by atoms with E-state index in [2.05, 4.69) is 15.4 Å². The Balaban J connectivity index is 1.64. The lowest BCUT2D eigenvalue weighted by Gasteiger charge is -2.13. The van der Waals surface area contributed by atoms with E-state index in [-0.39, 0.29) is 15.8 Å². The molecule has 7 nitrogen and oxygen atoms in total. The lowest BCUT2D eigenvalue weighted by atomic mass is 10.1. The van der Waals surface area contributed by atoms with Gasteiger partial charge < -0.3 is 10.4 Å². The number of hydrogen-bond acceptors (Lipinski definition) is 5. The van der Waals surface area contributed by atoms with Crippen molar-refractivity contribution in [1.82, 2.24) is 5.32 Å². The summed E-state index contributed by atoms with van der Waals surface area (Å²) in [4.78, 5) is 12.3. The molecule has 0 bridgehead atoms. The molecule has 31 heavy (non-hydrogen) atoms. The number of carbonyl (C=O) groups is 1. The molecule has 0 fully saturated rings. The van der Waals surface area contributed by atoms with Crippen LogP contribution in [-0.2, 0) is 10.0 Å². The Kier molecular flexibility index (Phi) is 6.57. The second-order valence-electron chi connectivity index (χ2n) is 6.90. The third-order valence-electron chi connectivity index (χ3n) is 4.41. The second-order valence-corrected chi connectivity index (χ2v) is 8.99. The largest absolute Gasteiger partial charge is 0.508 e. The predicted molar refractivity (Wildman–Crippen MR) is 125 cm³/mol. The van der Waals surface area contributed by atoms with E-state index >= 15 is 0 Å². The Hall–Kier alpha value is -3.43. The lowest BCUT2D eigenvalue weighted by molar-refractivity contribution is 0.0977. The second kappa shape index (κ2) is 9.15. The zero-order chi connectivity index (χ0) is 22.6. The van der Waals surface area contributed by atoms with Crippen molar-refractivity contribution in [3.05, 3.63) is 83.4 Å². The number of hydrogen-bond donors (Lipinski definition) is 4. The molecule has 0 aromatic heterocycles. The number of amides is 1. The zero-order valence-electron chi connectivity index (χ0n) is 16.8. The summed E-state index contributed by atoms with van der Waals surface area (Å²) in [5.74, 6) is -0.381. The predicted octanol–water partition coefficient (Wildman–Crippen LogP) is 3.94. The van der Waals surface area contributed by atoms with Crippen LogP contribution in [0.15, 0.2) is 71.6 Å². The number of phenolic OH excluding ortho intramolecular Hbond substituents is 1. The molecule has 3 aromatic rings. The minimum absolute atomic E-state index is 0.0549. The molecule has 0 saturated heterocycles. The van der Waals surface area contributed by atoms with Gasteiger partial charge in [0.2, 0.25) is 0 Å². The molecule has 3 rings (SSSR count). The fourth-order valence-corrected chi connectivity index (χ4v) is 4.14. The summed E-state index contributed by atoms with van der Waals surface area (Å²) in [6.07, 6.45) is 0. The Morgan fingerprint density at radius 3 is 2.19 bits per heavy atom. The van der Waals surface area contributed by atoms with Crippen LogP contribution in [0, 0.1) is 13.8 Å². The van der Waals surface area contributed by atoms with Gasteiger partial charge in [-0.25, -0.2) is 8.42 Å². The molecule has 1 amide bonds. The Labute approximate surface area is 186 Å². The van der Waals surface area contributed by atoms with Crippen LogP contribution in [0.1, 0.15) is 21.5 Å². The highest BCUT2D eigenvalue weighted by atomic mass is 32.2. The van der Waals surface area contributed by atoms with Gasteiger partial charge in [-0.3, -0.25) is 14.8 Å². The Morgan fingerprint density at radius 2 is 1.58 bits per heavy atom. The quantitative estimate of drug-likeness (QED) is 0.434. The van der Waals surface area contributed by atoms with Gasteiger partial charge in [-0.1, -0.05) is 17.7 Å². The van der Waals surface area contributed by atoms with Crippen LogP contribution in [0.25, 0.3) is 0 Å². The average Bonchev–Trinajstić information content (AvgIpc) is 2.71. The molecular formula is C22H21N3O4S2. The summed E-state index contributed by atoms with van der Waals surface area (Å²) in [6.45, 7) is 3.78. The van der Waals surface area contributed by atoms with Crippen molar-refractivity contribution in [2.24, 2.45) is 0 Å². The lowest BCUT2D eigenvalue weighted by Crippen LogP contribution is -2.34. The number of carbonyl (C=O) groups excluding carboxylic acids is 1. The molecule has 0 atom stereocenters. The van der Waals surface area contributed by atoms with Crippen molar-refractivity contribution in [1.29, 1.82) is 0 Å². The van der Waals surface area contributed by atoms with Crippen LogP contribution in [0.4, 0.5) is 11.4 Å². The summed E-state index contributed by atoms with van der Waals surface area (Å²) in [6, 6.07) is 17.2. The van der Waals surface area contributed by atoms with Crippen LogP contribution < -0.4 is 15.4 Å². The molecule has 9 heteroatoms. The Morgan fingerprint density at radius 1 is 0.935 bits per heavy atom. The van der Waals surface area contributed by atoms with Gasteiger partial charge in [0, 0.05) is 11.3 Å². The summed E-state index contributed by atoms with van der Waals surface area (Å²) in [5.41, 5.74) is 3.24. The van der Waals surface area contributed by atoms with Crippen molar-refractivity contribution in [2.75, 3.05) is 10.0 Å². The molecule has 160 valence electrons. The SMILES string of the molecule is Cc1ccc(NS(=O)(=O)c2ccc(NC(=S)NC(=O)c3ccc(O)cc3)cc2)c(C)c1. The van der Waals surface area contributed by atoms with E-state index in [4.69, 9.17) is 12.2 Å². The number of thiocarbonyl (C=S) groups is 1. The number of sulfonamides is 1. The highest BCUT2D eigenvalue weighted by molar-refractivity contribution is 7.92. The monoisotopic (exact) mass is 455 g/mol. The van der Waals surface area contributed by atoms with Gasteiger partial charge in [0.1, 0.15) is 5.75 Å². The van der Waals surface area contributed by atoms with E-state index < -0.39 is 15.9 Å². The van der Waals surface area contributed by atoms with E-state index in [0.29, 0.717) is 16.9 Å². The van der Waals surface area contributed by atoms with Gasteiger partial charge in [-0.05, 0) is 86.2 Å². The van der Waals surface area contributed by atoms with Gasteiger partial charge in [0.15, 0.2) is 5.11 Å². The van der Waals surface area contributed by atoms with E-state index in [1.54, 1.807) is 18.2 Å². The molecule has 3 aromatic carbocycles. The maximum Gasteiger partial charge on any atom is 0.261 e. The first-order chi connectivity index (χ1) is 14.6. The first-order valence-corrected chi connectivity index (χ1v) is 11.1. The average molecular weight is 456 g/mol. The molecule has 0 heterocycles. The van der Waals surface area contributed by atoms with Gasteiger partial charge in [0.25, 0.3) is 15.9 Å². The highest BCUT2D eigenvalue weighted by Crippen LogP contribution is 2.22. The Bertz CT molecular complexity index is 1220. The first-order valence-electron chi connectivity index (χ1n) is 9.25. The van der Waals surface area contributed by atoms with Gasteiger partial charge >= 0.3 is 0 Å². The van der Waals surface area contributed by atoms with Crippen molar-refractivity contribution in [3.63, 3.8) is 0 Å². The van der Waals surface area contributed by atoms with E-state index in [0.717, 1.165) is 11.1 Å². The highest BCUT2D eigenvalue weighted by Gasteiger charge is 2.15. The molecule has 0 saturated carbocycles. The fourth-order valence-electron chi connectivity index (χ4n) is 2.80. The summed E-state index contributed by atoms with van der Waals surface area (Å²) < 4.78 is 27.9. The maximum absolute atomic E-state index is 12.7. The molecular weight excluding hydrogens is 434 g/mol. The number of phenols is 1. The third-order valence-corrected chi connectivity index (χ3v) is 5.99. The summed E-state index contributed by atoms with van der Waals surface area (Å²) in [5, 5.41) is 14.7. The number of rotatable bonds is 5. The number of nitrogens with one attached hydrogen (secondary N) is 3. The number of aryl methyl sites for hydroxylation is 2. The third kappa shape index (κ3) is 5.80. The van der Waals surface area contributed by atoms with Crippen LogP contribution in [0.5, 0.6) is 5.75 Å². The summed E-state index contributed by atoms with van der Waals surface area (Å²) in [7, 11) is -3.75. The van der Waals surface area contributed by atoms with Crippen LogP contribution in [-0.4, -0.2) is 24.5 Å². The van der Waals surface area contributed by atoms with E-state index in [9.17, 15) is 18.3 Å². The van der Waals surface area contributed by atoms with Crippen LogP contribution >= 0.6 is 12.2 Å². The zero-order valence-corrected chi connectivity index (χ0v) is 18.5. The van der Waals surface area contributed by atoms with Crippen molar-refractivity contribution in [2.45, 2.75) is 18.7 Å². The summed E-state index contributed by atoms with van der Waals surface area (Å²) >= 11 is 5.13. The molecule has 0 aliphatic heterocycles. The van der Waals surface area contributed by atoms with Crippen LogP contribution in [0.3, 0.4) is 0 Å². The normalized spacial score (nSPS) is 10.9. The maximum atomic E-state index is 12.7. The number of benzene rings is 3. The minimum atomic E-state index is -3.75. The number of aromatic hydroxyl groups is 1.